The number of aromatic nitrogens is 2. The summed E-state index contributed by atoms with van der Waals surface area (Å²) in [5, 5.41) is 13.0. The van der Waals surface area contributed by atoms with Crippen LogP contribution in [0.25, 0.3) is 5.69 Å². The molecule has 9 heteroatoms. The Morgan fingerprint density at radius 1 is 1.26 bits per heavy atom. The summed E-state index contributed by atoms with van der Waals surface area (Å²) >= 11 is 0. The third kappa shape index (κ3) is 3.04. The second-order valence-corrected chi connectivity index (χ2v) is 4.49. The average molecular weight is 332 g/mol. The Morgan fingerprint density at radius 3 is 2.39 bits per heavy atom. The normalized spacial score (nSPS) is 14.3. The van der Waals surface area contributed by atoms with Gasteiger partial charge in [-0.25, -0.2) is 9.48 Å². The predicted molar refractivity (Wildman–Crippen MR) is 70.6 cm³/mol. The highest BCUT2D eigenvalue weighted by Gasteiger charge is 2.60. The quantitative estimate of drug-likeness (QED) is 0.691. The van der Waals surface area contributed by atoms with Crippen molar-refractivity contribution in [2.24, 2.45) is 0 Å². The Hall–Kier alpha value is -2.42. The van der Waals surface area contributed by atoms with E-state index in [-0.39, 0.29) is 12.3 Å². The second kappa shape index (κ2) is 5.99. The number of benzene rings is 1. The molecule has 1 atom stereocenters. The highest BCUT2D eigenvalue weighted by molar-refractivity contribution is 5.91. The molecular weight excluding hydrogens is 320 g/mol. The maximum absolute atomic E-state index is 14.1. The van der Waals surface area contributed by atoms with E-state index in [2.05, 4.69) is 9.84 Å². The summed E-state index contributed by atoms with van der Waals surface area (Å²) in [7, 11) is 0. The van der Waals surface area contributed by atoms with Crippen molar-refractivity contribution in [3.63, 3.8) is 0 Å². The Balaban J connectivity index is 2.69. The Labute approximate surface area is 128 Å². The van der Waals surface area contributed by atoms with Gasteiger partial charge < -0.3 is 9.84 Å². The van der Waals surface area contributed by atoms with Gasteiger partial charge in [0.15, 0.2) is 0 Å². The van der Waals surface area contributed by atoms with Gasteiger partial charge in [-0.1, -0.05) is 18.2 Å². The van der Waals surface area contributed by atoms with Crippen molar-refractivity contribution in [2.75, 3.05) is 6.61 Å². The molecule has 1 aromatic heterocycles. The van der Waals surface area contributed by atoms with Gasteiger partial charge in [-0.05, 0) is 19.1 Å². The van der Waals surface area contributed by atoms with E-state index in [4.69, 9.17) is 0 Å². The predicted octanol–water partition coefficient (Wildman–Crippen LogP) is 2.73. The third-order valence-corrected chi connectivity index (χ3v) is 2.95. The van der Waals surface area contributed by atoms with Crippen molar-refractivity contribution >= 4 is 5.97 Å². The van der Waals surface area contributed by atoms with E-state index in [0.29, 0.717) is 4.68 Å². The molecule has 5 nitrogen and oxygen atoms in total. The molecule has 0 aliphatic carbocycles. The molecule has 1 unspecified atom stereocenters. The molecule has 0 aliphatic heterocycles. The average Bonchev–Trinajstić information content (AvgIpc) is 2.92. The van der Waals surface area contributed by atoms with Gasteiger partial charge >= 0.3 is 18.0 Å². The monoisotopic (exact) mass is 332 g/mol. The van der Waals surface area contributed by atoms with Crippen LogP contribution in [0, 0.1) is 0 Å². The molecule has 0 aliphatic rings. The minimum absolute atomic E-state index is 0.0402. The van der Waals surface area contributed by atoms with Crippen LogP contribution in [0.4, 0.5) is 17.6 Å². The molecule has 0 saturated heterocycles. The molecule has 2 aromatic rings. The van der Waals surface area contributed by atoms with E-state index in [1.54, 1.807) is 6.07 Å². The molecule has 1 N–H and O–H groups in total. The highest BCUT2D eigenvalue weighted by Crippen LogP contribution is 2.42. The lowest BCUT2D eigenvalue weighted by Gasteiger charge is -2.24. The number of para-hydroxylation sites is 1. The molecule has 2 rings (SSSR count). The topological polar surface area (TPSA) is 64.3 Å². The van der Waals surface area contributed by atoms with Gasteiger partial charge in [0.05, 0.1) is 18.5 Å². The number of aliphatic hydroxyl groups is 1. The van der Waals surface area contributed by atoms with E-state index in [9.17, 15) is 27.5 Å². The van der Waals surface area contributed by atoms with Crippen LogP contribution in [0.15, 0.2) is 36.5 Å². The minimum atomic E-state index is -5.67. The third-order valence-electron chi connectivity index (χ3n) is 2.95. The number of ether oxygens (including phenoxy) is 1. The summed E-state index contributed by atoms with van der Waals surface area (Å²) < 4.78 is 57.9. The summed E-state index contributed by atoms with van der Waals surface area (Å²) in [4.78, 5) is 11.8. The lowest BCUT2D eigenvalue weighted by atomic mass is 10.1. The summed E-state index contributed by atoms with van der Waals surface area (Å²) in [5.41, 5.74) is -2.12. The van der Waals surface area contributed by atoms with Gasteiger partial charge in [0.1, 0.15) is 11.3 Å². The number of hydrogen-bond donors (Lipinski definition) is 1. The van der Waals surface area contributed by atoms with Crippen LogP contribution >= 0.6 is 0 Å². The first-order valence-corrected chi connectivity index (χ1v) is 6.49. The van der Waals surface area contributed by atoms with Crippen molar-refractivity contribution < 1.29 is 32.2 Å². The van der Waals surface area contributed by atoms with Crippen LogP contribution in [0.5, 0.6) is 0 Å². The molecule has 0 saturated carbocycles. The van der Waals surface area contributed by atoms with Gasteiger partial charge in [-0.15, -0.1) is 0 Å². The van der Waals surface area contributed by atoms with Crippen molar-refractivity contribution in [2.45, 2.75) is 19.0 Å². The zero-order valence-corrected chi connectivity index (χ0v) is 11.8. The maximum Gasteiger partial charge on any atom is 0.454 e. The van der Waals surface area contributed by atoms with Crippen LogP contribution in [0.3, 0.4) is 0 Å². The number of carbonyl (C=O) groups excluding carboxylic acids is 1. The molecule has 0 fully saturated rings. The summed E-state index contributed by atoms with van der Waals surface area (Å²) in [5.74, 6) is -5.99. The minimum Gasteiger partial charge on any atom is -0.462 e. The van der Waals surface area contributed by atoms with Gasteiger partial charge in [0.2, 0.25) is 0 Å². The van der Waals surface area contributed by atoms with Gasteiger partial charge in [-0.2, -0.15) is 22.7 Å². The number of nitrogens with zero attached hydrogens (tertiary/aromatic N) is 2. The standard InChI is InChI=1S/C14H12F4N2O3/c1-2-23-12(21)10-8-19-20(9-6-4-3-5-7-9)11(10)13(15,22)14(16,17)18/h3-8,22H,2H2,1H3. The molecule has 23 heavy (non-hydrogen) atoms. The molecule has 0 spiro atoms. The highest BCUT2D eigenvalue weighted by atomic mass is 19.4. The number of carbonyl (C=O) groups is 1. The fraction of sp³-hybridized carbons (Fsp3) is 0.286. The summed E-state index contributed by atoms with van der Waals surface area (Å²) in [6.07, 6.45) is -4.95. The van der Waals surface area contributed by atoms with Crippen molar-refractivity contribution in [1.82, 2.24) is 9.78 Å². The molecular formula is C14H12F4N2O3. The number of alkyl halides is 4. The maximum atomic E-state index is 14.1. The zero-order chi connectivity index (χ0) is 17.3. The molecule has 1 aromatic carbocycles. The van der Waals surface area contributed by atoms with Gasteiger partial charge in [0.25, 0.3) is 0 Å². The van der Waals surface area contributed by atoms with Crippen LogP contribution in [0.2, 0.25) is 0 Å². The van der Waals surface area contributed by atoms with Crippen LogP contribution in [0.1, 0.15) is 23.0 Å². The molecule has 124 valence electrons. The van der Waals surface area contributed by atoms with Crippen LogP contribution in [-0.4, -0.2) is 33.6 Å². The fourth-order valence-electron chi connectivity index (χ4n) is 1.92. The number of hydrogen-bond acceptors (Lipinski definition) is 4. The Bertz CT molecular complexity index is 696. The van der Waals surface area contributed by atoms with E-state index in [0.717, 1.165) is 6.20 Å². The first-order chi connectivity index (χ1) is 10.7. The van der Waals surface area contributed by atoms with Crippen LogP contribution < -0.4 is 0 Å². The molecule has 0 radical (unpaired) electrons. The van der Waals surface area contributed by atoms with Crippen molar-refractivity contribution in [1.29, 1.82) is 0 Å². The number of esters is 1. The second-order valence-electron chi connectivity index (χ2n) is 4.49. The first-order valence-electron chi connectivity index (χ1n) is 6.49. The van der Waals surface area contributed by atoms with E-state index in [1.807, 2.05) is 0 Å². The van der Waals surface area contributed by atoms with E-state index in [1.165, 1.54) is 31.2 Å². The zero-order valence-electron chi connectivity index (χ0n) is 11.8. The fourth-order valence-corrected chi connectivity index (χ4v) is 1.92. The van der Waals surface area contributed by atoms with Gasteiger partial charge in [0, 0.05) is 0 Å². The first kappa shape index (κ1) is 16.9. The summed E-state index contributed by atoms with van der Waals surface area (Å²) in [6, 6.07) is 7.24. The molecule has 0 amide bonds. The lowest BCUT2D eigenvalue weighted by Crippen LogP contribution is -2.41. The summed E-state index contributed by atoms with van der Waals surface area (Å²) in [6.45, 7) is 1.30. The van der Waals surface area contributed by atoms with Gasteiger partial charge in [-0.3, -0.25) is 0 Å². The SMILES string of the molecule is CCOC(=O)c1cnn(-c2ccccc2)c1C(O)(F)C(F)(F)F. The number of rotatable bonds is 4. The Kier molecular flexibility index (Phi) is 4.42. The Morgan fingerprint density at radius 2 is 1.87 bits per heavy atom. The van der Waals surface area contributed by atoms with Crippen molar-refractivity contribution in [3.8, 4) is 5.69 Å². The largest absolute Gasteiger partial charge is 0.462 e. The lowest BCUT2D eigenvalue weighted by molar-refractivity contribution is -0.326. The van der Waals surface area contributed by atoms with E-state index < -0.39 is 29.3 Å². The molecule has 0 bridgehead atoms. The van der Waals surface area contributed by atoms with Crippen LogP contribution in [-0.2, 0) is 10.6 Å². The van der Waals surface area contributed by atoms with Crippen molar-refractivity contribution in [3.05, 3.63) is 47.8 Å². The van der Waals surface area contributed by atoms with E-state index >= 15 is 0 Å². The number of halogens is 4. The smallest absolute Gasteiger partial charge is 0.454 e. The molecule has 1 heterocycles.